The van der Waals surface area contributed by atoms with Crippen molar-refractivity contribution in [3.8, 4) is 0 Å². The third kappa shape index (κ3) is 4.55. The monoisotopic (exact) mass is 250 g/mol. The predicted octanol–water partition coefficient (Wildman–Crippen LogP) is 1.10. The summed E-state index contributed by atoms with van der Waals surface area (Å²) in [7, 11) is 1.78. The largest absolute Gasteiger partial charge is 0.481 e. The van der Waals surface area contributed by atoms with Crippen LogP contribution in [0.5, 0.6) is 0 Å². The van der Waals surface area contributed by atoms with E-state index in [0.29, 0.717) is 13.0 Å². The zero-order chi connectivity index (χ0) is 13.4. The van der Waals surface area contributed by atoms with Crippen molar-refractivity contribution in [2.75, 3.05) is 25.0 Å². The number of rotatable bonds is 7. The topological polar surface area (TPSA) is 69.6 Å². The van der Waals surface area contributed by atoms with Crippen LogP contribution in [0.3, 0.4) is 0 Å². The van der Waals surface area contributed by atoms with Gasteiger partial charge in [-0.1, -0.05) is 18.2 Å². The maximum absolute atomic E-state index is 12.0. The number of nitrogens with zero attached hydrogens (tertiary/aromatic N) is 1. The summed E-state index contributed by atoms with van der Waals surface area (Å²) in [5.41, 5.74) is 0.736. The second-order valence-electron chi connectivity index (χ2n) is 3.88. The number of amides is 1. The molecule has 0 spiro atoms. The Morgan fingerprint density at radius 3 is 2.44 bits per heavy atom. The zero-order valence-electron chi connectivity index (χ0n) is 10.4. The van der Waals surface area contributed by atoms with Crippen LogP contribution in [0.25, 0.3) is 0 Å². The average molecular weight is 250 g/mol. The summed E-state index contributed by atoms with van der Waals surface area (Å²) >= 11 is 0. The molecule has 1 amide bonds. The van der Waals surface area contributed by atoms with Gasteiger partial charge in [0.05, 0.1) is 6.42 Å². The molecule has 0 aliphatic rings. The lowest BCUT2D eigenvalue weighted by Gasteiger charge is -2.22. The standard InChI is InChI=1S/C13H18N2O3/c1-14-9-7-12(16)15(10-8-13(17)18)11-5-3-2-4-6-11/h2-6,14H,7-10H2,1H3,(H,17,18). The van der Waals surface area contributed by atoms with E-state index in [9.17, 15) is 9.59 Å². The molecular formula is C13H18N2O3. The lowest BCUT2D eigenvalue weighted by molar-refractivity contribution is -0.136. The van der Waals surface area contributed by atoms with E-state index in [4.69, 9.17) is 5.11 Å². The van der Waals surface area contributed by atoms with Crippen LogP contribution in [0, 0.1) is 0 Å². The molecule has 0 aliphatic heterocycles. The van der Waals surface area contributed by atoms with Gasteiger partial charge < -0.3 is 15.3 Å². The molecule has 0 atom stereocenters. The van der Waals surface area contributed by atoms with Crippen LogP contribution in [-0.4, -0.2) is 37.1 Å². The zero-order valence-corrected chi connectivity index (χ0v) is 10.4. The summed E-state index contributed by atoms with van der Waals surface area (Å²) < 4.78 is 0. The van der Waals surface area contributed by atoms with Gasteiger partial charge in [0.25, 0.3) is 0 Å². The molecule has 0 aromatic heterocycles. The molecule has 2 N–H and O–H groups in total. The lowest BCUT2D eigenvalue weighted by atomic mass is 10.2. The van der Waals surface area contributed by atoms with E-state index >= 15 is 0 Å². The van der Waals surface area contributed by atoms with Gasteiger partial charge in [-0.25, -0.2) is 0 Å². The van der Waals surface area contributed by atoms with Crippen molar-refractivity contribution in [2.45, 2.75) is 12.8 Å². The Kier molecular flexibility index (Phi) is 5.87. The molecule has 0 heterocycles. The van der Waals surface area contributed by atoms with E-state index in [0.717, 1.165) is 5.69 Å². The van der Waals surface area contributed by atoms with E-state index in [-0.39, 0.29) is 18.9 Å². The third-order valence-corrected chi connectivity index (χ3v) is 2.51. The van der Waals surface area contributed by atoms with Crippen LogP contribution in [0.1, 0.15) is 12.8 Å². The first-order valence-corrected chi connectivity index (χ1v) is 5.87. The number of carboxylic acid groups (broad SMARTS) is 1. The summed E-state index contributed by atoms with van der Waals surface area (Å²) in [5.74, 6) is -0.978. The number of nitrogens with one attached hydrogen (secondary N) is 1. The summed E-state index contributed by atoms with van der Waals surface area (Å²) in [6.45, 7) is 0.775. The molecule has 98 valence electrons. The summed E-state index contributed by atoms with van der Waals surface area (Å²) in [6, 6.07) is 9.12. The Morgan fingerprint density at radius 2 is 1.89 bits per heavy atom. The van der Waals surface area contributed by atoms with Crippen molar-refractivity contribution >= 4 is 17.6 Å². The molecule has 0 saturated carbocycles. The molecule has 0 aliphatic carbocycles. The molecular weight excluding hydrogens is 232 g/mol. The molecule has 1 aromatic rings. The highest BCUT2D eigenvalue weighted by Crippen LogP contribution is 2.14. The van der Waals surface area contributed by atoms with Gasteiger partial charge in [-0.15, -0.1) is 0 Å². The van der Waals surface area contributed by atoms with Crippen molar-refractivity contribution < 1.29 is 14.7 Å². The minimum atomic E-state index is -0.905. The fourth-order valence-corrected chi connectivity index (χ4v) is 1.58. The van der Waals surface area contributed by atoms with Gasteiger partial charge in [-0.2, -0.15) is 0 Å². The number of carbonyl (C=O) groups excluding carboxylic acids is 1. The molecule has 0 bridgehead atoms. The second-order valence-corrected chi connectivity index (χ2v) is 3.88. The number of hydrogen-bond acceptors (Lipinski definition) is 3. The van der Waals surface area contributed by atoms with Gasteiger partial charge in [0, 0.05) is 25.2 Å². The molecule has 0 saturated heterocycles. The SMILES string of the molecule is CNCCC(=O)N(CCC(=O)O)c1ccccc1. The van der Waals surface area contributed by atoms with Crippen LogP contribution < -0.4 is 10.2 Å². The van der Waals surface area contributed by atoms with Gasteiger partial charge in [-0.05, 0) is 19.2 Å². The van der Waals surface area contributed by atoms with E-state index in [1.165, 1.54) is 4.90 Å². The minimum absolute atomic E-state index is 0.0554. The smallest absolute Gasteiger partial charge is 0.305 e. The quantitative estimate of drug-likeness (QED) is 0.760. The maximum atomic E-state index is 12.0. The van der Waals surface area contributed by atoms with Gasteiger partial charge in [0.1, 0.15) is 0 Å². The van der Waals surface area contributed by atoms with Crippen LogP contribution in [0.15, 0.2) is 30.3 Å². The number of benzene rings is 1. The molecule has 18 heavy (non-hydrogen) atoms. The maximum Gasteiger partial charge on any atom is 0.305 e. The molecule has 5 heteroatoms. The number of aliphatic carboxylic acids is 1. The number of hydrogen-bond donors (Lipinski definition) is 2. The summed E-state index contributed by atoms with van der Waals surface area (Å²) in [4.78, 5) is 24.1. The Labute approximate surface area is 106 Å². The van der Waals surface area contributed by atoms with E-state index < -0.39 is 5.97 Å². The fraction of sp³-hybridized carbons (Fsp3) is 0.385. The van der Waals surface area contributed by atoms with Gasteiger partial charge >= 0.3 is 5.97 Å². The Morgan fingerprint density at radius 1 is 1.22 bits per heavy atom. The van der Waals surface area contributed by atoms with Crippen LogP contribution in [0.2, 0.25) is 0 Å². The Hall–Kier alpha value is -1.88. The molecule has 0 radical (unpaired) electrons. The van der Waals surface area contributed by atoms with Crippen molar-refractivity contribution in [1.82, 2.24) is 5.32 Å². The minimum Gasteiger partial charge on any atom is -0.481 e. The van der Waals surface area contributed by atoms with Crippen molar-refractivity contribution in [3.05, 3.63) is 30.3 Å². The molecule has 0 unspecified atom stereocenters. The van der Waals surface area contributed by atoms with Gasteiger partial charge in [0.15, 0.2) is 0 Å². The van der Waals surface area contributed by atoms with Crippen molar-refractivity contribution in [1.29, 1.82) is 0 Å². The first kappa shape index (κ1) is 14.2. The molecule has 1 aromatic carbocycles. The highest BCUT2D eigenvalue weighted by molar-refractivity contribution is 5.93. The predicted molar refractivity (Wildman–Crippen MR) is 69.6 cm³/mol. The van der Waals surface area contributed by atoms with Crippen molar-refractivity contribution in [2.24, 2.45) is 0 Å². The fourth-order valence-electron chi connectivity index (χ4n) is 1.58. The second kappa shape index (κ2) is 7.45. The molecule has 5 nitrogen and oxygen atoms in total. The normalized spacial score (nSPS) is 10.1. The average Bonchev–Trinajstić information content (AvgIpc) is 2.37. The number of carbonyl (C=O) groups is 2. The van der Waals surface area contributed by atoms with E-state index in [1.807, 2.05) is 18.2 Å². The van der Waals surface area contributed by atoms with Crippen molar-refractivity contribution in [3.63, 3.8) is 0 Å². The lowest BCUT2D eigenvalue weighted by Crippen LogP contribution is -2.34. The van der Waals surface area contributed by atoms with Crippen LogP contribution >= 0.6 is 0 Å². The van der Waals surface area contributed by atoms with Gasteiger partial charge in [-0.3, -0.25) is 9.59 Å². The highest BCUT2D eigenvalue weighted by Gasteiger charge is 2.15. The first-order chi connectivity index (χ1) is 8.65. The Balaban J connectivity index is 2.74. The van der Waals surface area contributed by atoms with Crippen LogP contribution in [-0.2, 0) is 9.59 Å². The van der Waals surface area contributed by atoms with Gasteiger partial charge in [0.2, 0.25) is 5.91 Å². The first-order valence-electron chi connectivity index (χ1n) is 5.87. The number of anilines is 1. The van der Waals surface area contributed by atoms with E-state index in [1.54, 1.807) is 19.2 Å². The Bertz CT molecular complexity index is 392. The summed E-state index contributed by atoms with van der Waals surface area (Å²) in [5, 5.41) is 11.6. The van der Waals surface area contributed by atoms with E-state index in [2.05, 4.69) is 5.32 Å². The summed E-state index contributed by atoms with van der Waals surface area (Å²) in [6.07, 6.45) is 0.297. The molecule has 0 fully saturated rings. The number of carboxylic acids is 1. The third-order valence-electron chi connectivity index (χ3n) is 2.51. The highest BCUT2D eigenvalue weighted by atomic mass is 16.4. The van der Waals surface area contributed by atoms with Crippen LogP contribution in [0.4, 0.5) is 5.69 Å². The number of para-hydroxylation sites is 1. The molecule has 1 rings (SSSR count).